The molecule has 0 amide bonds. The number of hydrogen-bond acceptors (Lipinski definition) is 1. The van der Waals surface area contributed by atoms with E-state index in [0.717, 1.165) is 13.0 Å². The summed E-state index contributed by atoms with van der Waals surface area (Å²) < 4.78 is 0. The van der Waals surface area contributed by atoms with Crippen LogP contribution in [0.25, 0.3) is 0 Å². The Morgan fingerprint density at radius 3 is 2.57 bits per heavy atom. The Labute approximate surface area is 131 Å². The summed E-state index contributed by atoms with van der Waals surface area (Å²) in [4.78, 5) is 2.44. The van der Waals surface area contributed by atoms with Crippen LogP contribution in [0.5, 0.6) is 0 Å². The molecule has 1 heterocycles. The van der Waals surface area contributed by atoms with E-state index in [4.69, 9.17) is 0 Å². The first-order valence-corrected chi connectivity index (χ1v) is 5.43. The Balaban J connectivity index is 0.00000169. The zero-order valence-corrected chi connectivity index (χ0v) is 12.8. The molecule has 0 spiro atoms. The van der Waals surface area contributed by atoms with Gasteiger partial charge in [-0.05, 0) is 19.5 Å². The molecule has 0 aromatic carbocycles. The summed E-state index contributed by atoms with van der Waals surface area (Å²) in [6.07, 6.45) is 8.46. The summed E-state index contributed by atoms with van der Waals surface area (Å²) in [6, 6.07) is 0. The molecule has 1 nitrogen and oxygen atoms in total. The van der Waals surface area contributed by atoms with Crippen LogP contribution in [-0.4, -0.2) is 24.5 Å². The minimum absolute atomic E-state index is 0. The van der Waals surface area contributed by atoms with E-state index >= 15 is 0 Å². The van der Waals surface area contributed by atoms with Crippen molar-refractivity contribution in [2.45, 2.75) is 39.0 Å². The largest absolute Gasteiger partial charge is 1.00 e. The molecule has 74 valence electrons. The molecule has 1 aliphatic heterocycles. The van der Waals surface area contributed by atoms with Crippen LogP contribution in [0.4, 0.5) is 0 Å². The van der Waals surface area contributed by atoms with Crippen molar-refractivity contribution in [2.24, 2.45) is 0 Å². The number of rotatable bonds is 3. The summed E-state index contributed by atoms with van der Waals surface area (Å²) in [6.45, 7) is 5.62. The maximum absolute atomic E-state index is 3.25. The van der Waals surface area contributed by atoms with Crippen LogP contribution in [0.2, 0.25) is 0 Å². The average Bonchev–Trinajstić information content (AvgIpc) is 2.19. The maximum Gasteiger partial charge on any atom is 1.00 e. The number of unbranched alkanes of at least 4 members (excludes halogenated alkanes) is 2. The van der Waals surface area contributed by atoms with Crippen molar-refractivity contribution in [3.63, 3.8) is 0 Å². The van der Waals surface area contributed by atoms with E-state index in [0.29, 0.717) is 0 Å². The molecule has 1 aliphatic rings. The van der Waals surface area contributed by atoms with E-state index in [1.807, 2.05) is 0 Å². The van der Waals surface area contributed by atoms with Crippen LogP contribution >= 0.6 is 0 Å². The van der Waals surface area contributed by atoms with Crippen molar-refractivity contribution >= 4 is 0 Å². The van der Waals surface area contributed by atoms with Crippen LogP contribution in [0, 0.1) is 18.3 Å². The van der Waals surface area contributed by atoms with Gasteiger partial charge in [-0.1, -0.05) is 19.3 Å². The Morgan fingerprint density at radius 1 is 1.21 bits per heavy atom. The first kappa shape index (κ1) is 15.2. The third-order valence-corrected chi connectivity index (χ3v) is 2.38. The van der Waals surface area contributed by atoms with Crippen molar-refractivity contribution in [2.75, 3.05) is 19.6 Å². The van der Waals surface area contributed by atoms with Gasteiger partial charge in [0, 0.05) is 6.42 Å². The van der Waals surface area contributed by atoms with E-state index < -0.39 is 0 Å². The molecule has 0 bridgehead atoms. The minimum atomic E-state index is 0. The molecule has 0 radical (unpaired) electrons. The molecule has 0 aromatic rings. The number of likely N-dealkylation sites (tertiary alicyclic amines) is 1. The molecular formula is C12H20KN. The molecule has 1 saturated heterocycles. The van der Waals surface area contributed by atoms with Gasteiger partial charge >= 0.3 is 51.4 Å². The molecule has 0 aromatic heterocycles. The Hall–Kier alpha value is 1.16. The fourth-order valence-corrected chi connectivity index (χ4v) is 1.48. The van der Waals surface area contributed by atoms with Gasteiger partial charge in [-0.25, -0.2) is 0 Å². The molecule has 14 heavy (non-hydrogen) atoms. The average molecular weight is 217 g/mol. The number of piperidine rings is 1. The second-order valence-electron chi connectivity index (χ2n) is 3.60. The smallest absolute Gasteiger partial charge is 0.326 e. The van der Waals surface area contributed by atoms with Gasteiger partial charge in [-0.3, -0.25) is 4.90 Å². The van der Waals surface area contributed by atoms with E-state index in [-0.39, 0.29) is 51.4 Å². The first-order chi connectivity index (χ1) is 6.43. The second kappa shape index (κ2) is 10.7. The van der Waals surface area contributed by atoms with Crippen molar-refractivity contribution < 1.29 is 51.4 Å². The maximum atomic E-state index is 3.25. The fourth-order valence-electron chi connectivity index (χ4n) is 1.48. The zero-order valence-electron chi connectivity index (χ0n) is 9.68. The summed E-state index contributed by atoms with van der Waals surface area (Å²) in [7, 11) is 0. The molecule has 0 atom stereocenters. The number of nitrogens with zero attached hydrogens (tertiary/aromatic N) is 1. The van der Waals surface area contributed by atoms with Crippen molar-refractivity contribution in [1.82, 2.24) is 4.90 Å². The predicted molar refractivity (Wildman–Crippen MR) is 57.3 cm³/mol. The quantitative estimate of drug-likeness (QED) is 0.266. The summed E-state index contributed by atoms with van der Waals surface area (Å²) in [5.74, 6) is 6.48. The van der Waals surface area contributed by atoms with Gasteiger partial charge in [-0.15, -0.1) is 5.92 Å². The molecule has 2 heteroatoms. The van der Waals surface area contributed by atoms with Gasteiger partial charge in [0.2, 0.25) is 0 Å². The van der Waals surface area contributed by atoms with Gasteiger partial charge in [0.05, 0.1) is 6.54 Å². The van der Waals surface area contributed by atoms with Crippen molar-refractivity contribution in [1.29, 1.82) is 0 Å². The van der Waals surface area contributed by atoms with Gasteiger partial charge in [-0.2, -0.15) is 12.8 Å². The number of hydrogen-bond donors (Lipinski definition) is 0. The minimum Gasteiger partial charge on any atom is -0.326 e. The van der Waals surface area contributed by atoms with E-state index in [9.17, 15) is 0 Å². The molecule has 1 fully saturated rings. The molecule has 0 unspecified atom stereocenters. The van der Waals surface area contributed by atoms with Gasteiger partial charge in [0.25, 0.3) is 0 Å². The van der Waals surface area contributed by atoms with Gasteiger partial charge in [0.15, 0.2) is 0 Å². The zero-order chi connectivity index (χ0) is 9.36. The standard InChI is InChI=1S/C12H20N.K/c1-2-3-4-5-7-10-13-11-8-6-9-12-13;/h6H,2-4,8-12H2,1H3;/q-1;+1. The molecule has 0 N–H and O–H groups in total. The molecule has 1 rings (SSSR count). The molecule has 0 saturated carbocycles. The Kier molecular flexibility index (Phi) is 11.5. The van der Waals surface area contributed by atoms with Gasteiger partial charge < -0.3 is 6.42 Å². The van der Waals surface area contributed by atoms with Crippen LogP contribution in [0.3, 0.4) is 0 Å². The van der Waals surface area contributed by atoms with E-state index in [1.165, 1.54) is 38.8 Å². The van der Waals surface area contributed by atoms with Crippen molar-refractivity contribution in [3.05, 3.63) is 6.42 Å². The topological polar surface area (TPSA) is 3.24 Å². The van der Waals surface area contributed by atoms with Gasteiger partial charge in [0.1, 0.15) is 0 Å². The third-order valence-electron chi connectivity index (χ3n) is 2.38. The fraction of sp³-hybridized carbons (Fsp3) is 0.750. The van der Waals surface area contributed by atoms with Crippen LogP contribution in [0.15, 0.2) is 0 Å². The van der Waals surface area contributed by atoms with Crippen LogP contribution < -0.4 is 51.4 Å². The Bertz CT molecular complexity index is 174. The van der Waals surface area contributed by atoms with E-state index in [1.54, 1.807) is 0 Å². The molecular weight excluding hydrogens is 197 g/mol. The normalized spacial score (nSPS) is 16.6. The van der Waals surface area contributed by atoms with E-state index in [2.05, 4.69) is 30.1 Å². The molecule has 0 aliphatic carbocycles. The van der Waals surface area contributed by atoms with Crippen LogP contribution in [-0.2, 0) is 0 Å². The van der Waals surface area contributed by atoms with Crippen molar-refractivity contribution in [3.8, 4) is 11.8 Å². The Morgan fingerprint density at radius 2 is 1.93 bits per heavy atom. The monoisotopic (exact) mass is 217 g/mol. The third kappa shape index (κ3) is 7.45. The second-order valence-corrected chi connectivity index (χ2v) is 3.60. The van der Waals surface area contributed by atoms with Crippen LogP contribution in [0.1, 0.15) is 39.0 Å². The summed E-state index contributed by atoms with van der Waals surface area (Å²) in [5, 5.41) is 0. The summed E-state index contributed by atoms with van der Waals surface area (Å²) in [5.41, 5.74) is 0. The SMILES string of the molecule is CCCCC#CCN1CC[CH-]CC1.[K+]. The predicted octanol–water partition coefficient (Wildman–Crippen LogP) is -0.516. The first-order valence-electron chi connectivity index (χ1n) is 5.43. The summed E-state index contributed by atoms with van der Waals surface area (Å²) >= 11 is 0.